The minimum Gasteiger partial charge on any atom is -0.392 e. The average molecular weight is 209 g/mol. The molecule has 1 aromatic rings. The van der Waals surface area contributed by atoms with E-state index in [2.05, 4.69) is 0 Å². The second-order valence-electron chi connectivity index (χ2n) is 3.60. The van der Waals surface area contributed by atoms with Gasteiger partial charge in [0.15, 0.2) is 0 Å². The Morgan fingerprint density at radius 1 is 1.33 bits per heavy atom. The number of hydrogen-bond acceptors (Lipinski definition) is 3. The van der Waals surface area contributed by atoms with Gasteiger partial charge in [0.25, 0.3) is 0 Å². The molecule has 0 aromatic heterocycles. The molecule has 3 nitrogen and oxygen atoms in total. The number of methoxy groups -OCH3 is 1. The number of benzene rings is 1. The molecule has 1 rings (SSSR count). The Morgan fingerprint density at radius 3 is 2.53 bits per heavy atom. The van der Waals surface area contributed by atoms with Crippen LogP contribution in [0.5, 0.6) is 0 Å². The molecule has 0 amide bonds. The van der Waals surface area contributed by atoms with Crippen LogP contribution in [0.15, 0.2) is 30.3 Å². The van der Waals surface area contributed by atoms with Crippen molar-refractivity contribution < 1.29 is 9.84 Å². The van der Waals surface area contributed by atoms with Crippen LogP contribution in [0.25, 0.3) is 0 Å². The summed E-state index contributed by atoms with van der Waals surface area (Å²) in [6.07, 6.45) is 0.185. The molecular weight excluding hydrogens is 190 g/mol. The lowest BCUT2D eigenvalue weighted by Crippen LogP contribution is -2.26. The quantitative estimate of drug-likeness (QED) is 0.738. The summed E-state index contributed by atoms with van der Waals surface area (Å²) >= 11 is 0. The molecule has 0 heterocycles. The standard InChI is InChI=1S/C12H19NO2/c1-15-8-7-12(14)11(9-13)10-5-3-2-4-6-10/h2-6,11-12,14H,7-9,13H2,1H3. The van der Waals surface area contributed by atoms with Gasteiger partial charge in [-0.2, -0.15) is 0 Å². The van der Waals surface area contributed by atoms with E-state index in [1.165, 1.54) is 0 Å². The maximum Gasteiger partial charge on any atom is 0.0642 e. The van der Waals surface area contributed by atoms with E-state index in [-0.39, 0.29) is 5.92 Å². The molecule has 0 fully saturated rings. The van der Waals surface area contributed by atoms with Crippen molar-refractivity contribution in [2.45, 2.75) is 18.4 Å². The summed E-state index contributed by atoms with van der Waals surface area (Å²) in [7, 11) is 1.63. The van der Waals surface area contributed by atoms with Crippen LogP contribution in [0.4, 0.5) is 0 Å². The Morgan fingerprint density at radius 2 is 2.00 bits per heavy atom. The van der Waals surface area contributed by atoms with Gasteiger partial charge in [-0.1, -0.05) is 30.3 Å². The van der Waals surface area contributed by atoms with Gasteiger partial charge in [0.2, 0.25) is 0 Å². The molecule has 2 atom stereocenters. The van der Waals surface area contributed by atoms with E-state index in [4.69, 9.17) is 10.5 Å². The zero-order valence-corrected chi connectivity index (χ0v) is 9.10. The molecule has 1 aromatic carbocycles. The first-order valence-electron chi connectivity index (χ1n) is 5.21. The molecule has 0 spiro atoms. The first-order valence-corrected chi connectivity index (χ1v) is 5.21. The molecule has 0 saturated heterocycles. The fraction of sp³-hybridized carbons (Fsp3) is 0.500. The summed E-state index contributed by atoms with van der Waals surface area (Å²) in [6.45, 7) is 1.01. The van der Waals surface area contributed by atoms with Crippen molar-refractivity contribution >= 4 is 0 Å². The van der Waals surface area contributed by atoms with Crippen LogP contribution < -0.4 is 5.73 Å². The highest BCUT2D eigenvalue weighted by Gasteiger charge is 2.18. The van der Waals surface area contributed by atoms with E-state index in [0.717, 1.165) is 5.56 Å². The van der Waals surface area contributed by atoms with Crippen molar-refractivity contribution in [3.8, 4) is 0 Å². The molecule has 0 bridgehead atoms. The first kappa shape index (κ1) is 12.2. The number of nitrogens with two attached hydrogens (primary N) is 1. The molecule has 0 aliphatic carbocycles. The summed E-state index contributed by atoms with van der Waals surface area (Å²) in [5.74, 6) is 0.00125. The Hall–Kier alpha value is -0.900. The SMILES string of the molecule is COCCC(O)C(CN)c1ccccc1. The summed E-state index contributed by atoms with van der Waals surface area (Å²) in [6, 6.07) is 9.86. The number of hydrogen-bond donors (Lipinski definition) is 2. The second-order valence-corrected chi connectivity index (χ2v) is 3.60. The molecule has 3 heteroatoms. The van der Waals surface area contributed by atoms with Crippen molar-refractivity contribution in [1.82, 2.24) is 0 Å². The lowest BCUT2D eigenvalue weighted by Gasteiger charge is -2.21. The molecule has 84 valence electrons. The molecule has 0 saturated carbocycles. The predicted molar refractivity (Wildman–Crippen MR) is 60.7 cm³/mol. The maximum atomic E-state index is 9.93. The summed E-state index contributed by atoms with van der Waals surface area (Å²) in [5.41, 5.74) is 6.76. The third-order valence-electron chi connectivity index (χ3n) is 2.56. The fourth-order valence-electron chi connectivity index (χ4n) is 1.66. The van der Waals surface area contributed by atoms with Crippen molar-refractivity contribution in [2.75, 3.05) is 20.3 Å². The topological polar surface area (TPSA) is 55.5 Å². The fourth-order valence-corrected chi connectivity index (χ4v) is 1.66. The van der Waals surface area contributed by atoms with Gasteiger partial charge >= 0.3 is 0 Å². The number of rotatable bonds is 6. The van der Waals surface area contributed by atoms with Gasteiger partial charge in [0.05, 0.1) is 6.10 Å². The van der Waals surface area contributed by atoms with Crippen LogP contribution in [0.3, 0.4) is 0 Å². The van der Waals surface area contributed by atoms with Crippen LogP contribution >= 0.6 is 0 Å². The normalized spacial score (nSPS) is 14.9. The number of aliphatic hydroxyl groups is 1. The van der Waals surface area contributed by atoms with Gasteiger partial charge in [-0.25, -0.2) is 0 Å². The Kier molecular flexibility index (Phi) is 5.32. The lowest BCUT2D eigenvalue weighted by molar-refractivity contribution is 0.0920. The van der Waals surface area contributed by atoms with Crippen LogP contribution in [0, 0.1) is 0 Å². The van der Waals surface area contributed by atoms with Gasteiger partial charge in [-0.3, -0.25) is 0 Å². The van der Waals surface area contributed by atoms with E-state index in [1.807, 2.05) is 30.3 Å². The Labute approximate surface area is 90.9 Å². The van der Waals surface area contributed by atoms with Gasteiger partial charge in [0.1, 0.15) is 0 Å². The third kappa shape index (κ3) is 3.63. The molecule has 0 radical (unpaired) electrons. The van der Waals surface area contributed by atoms with Gasteiger partial charge in [0, 0.05) is 26.2 Å². The number of aliphatic hydroxyl groups excluding tert-OH is 1. The predicted octanol–water partition coefficient (Wildman–Crippen LogP) is 1.13. The minimum atomic E-state index is -0.433. The van der Waals surface area contributed by atoms with Crippen LogP contribution in [-0.2, 0) is 4.74 Å². The molecule has 0 aliphatic heterocycles. The Bertz CT molecular complexity index is 264. The largest absolute Gasteiger partial charge is 0.392 e. The van der Waals surface area contributed by atoms with Crippen molar-refractivity contribution in [2.24, 2.45) is 5.73 Å². The first-order chi connectivity index (χ1) is 7.29. The lowest BCUT2D eigenvalue weighted by atomic mass is 9.92. The summed E-state index contributed by atoms with van der Waals surface area (Å²) < 4.78 is 4.94. The van der Waals surface area contributed by atoms with E-state index < -0.39 is 6.10 Å². The zero-order valence-electron chi connectivity index (χ0n) is 9.10. The minimum absolute atomic E-state index is 0.00125. The van der Waals surface area contributed by atoms with Gasteiger partial charge in [-0.15, -0.1) is 0 Å². The second kappa shape index (κ2) is 6.56. The summed E-state index contributed by atoms with van der Waals surface area (Å²) in [5, 5.41) is 9.93. The van der Waals surface area contributed by atoms with E-state index in [9.17, 15) is 5.11 Å². The van der Waals surface area contributed by atoms with E-state index in [0.29, 0.717) is 19.6 Å². The molecule has 3 N–H and O–H groups in total. The van der Waals surface area contributed by atoms with E-state index in [1.54, 1.807) is 7.11 Å². The molecular formula is C12H19NO2. The highest BCUT2D eigenvalue weighted by atomic mass is 16.5. The zero-order chi connectivity index (χ0) is 11.1. The van der Waals surface area contributed by atoms with Crippen molar-refractivity contribution in [3.05, 3.63) is 35.9 Å². The Balaban J connectivity index is 2.63. The van der Waals surface area contributed by atoms with Crippen LogP contribution in [0.1, 0.15) is 17.9 Å². The highest BCUT2D eigenvalue weighted by Crippen LogP contribution is 2.20. The smallest absolute Gasteiger partial charge is 0.0642 e. The third-order valence-corrected chi connectivity index (χ3v) is 2.56. The molecule has 0 aliphatic rings. The van der Waals surface area contributed by atoms with Crippen molar-refractivity contribution in [3.63, 3.8) is 0 Å². The van der Waals surface area contributed by atoms with Gasteiger partial charge < -0.3 is 15.6 Å². The summed E-state index contributed by atoms with van der Waals surface area (Å²) in [4.78, 5) is 0. The monoisotopic (exact) mass is 209 g/mol. The van der Waals surface area contributed by atoms with Gasteiger partial charge in [-0.05, 0) is 12.0 Å². The molecule has 15 heavy (non-hydrogen) atoms. The average Bonchev–Trinajstić information content (AvgIpc) is 2.29. The maximum absolute atomic E-state index is 9.93. The van der Waals surface area contributed by atoms with Crippen LogP contribution in [0.2, 0.25) is 0 Å². The van der Waals surface area contributed by atoms with Crippen LogP contribution in [-0.4, -0.2) is 31.5 Å². The highest BCUT2D eigenvalue weighted by molar-refractivity contribution is 5.21. The molecule has 2 unspecified atom stereocenters. The van der Waals surface area contributed by atoms with Crippen molar-refractivity contribution in [1.29, 1.82) is 0 Å². The number of ether oxygens (including phenoxy) is 1. The van der Waals surface area contributed by atoms with E-state index >= 15 is 0 Å².